The third-order valence-corrected chi connectivity index (χ3v) is 6.23. The minimum Gasteiger partial charge on any atom is -0.440 e. The lowest BCUT2D eigenvalue weighted by molar-refractivity contribution is -0.138. The zero-order valence-electron chi connectivity index (χ0n) is 19.0. The van der Waals surface area contributed by atoms with Crippen molar-refractivity contribution in [3.63, 3.8) is 0 Å². The van der Waals surface area contributed by atoms with Crippen molar-refractivity contribution in [1.82, 2.24) is 4.90 Å². The van der Waals surface area contributed by atoms with Crippen LogP contribution in [0.3, 0.4) is 0 Å². The maximum atomic E-state index is 13.9. The number of nitriles is 1. The summed E-state index contributed by atoms with van der Waals surface area (Å²) in [4.78, 5) is 1.85. The molecule has 0 saturated heterocycles. The van der Waals surface area contributed by atoms with Crippen LogP contribution < -0.4 is 5.73 Å². The minimum atomic E-state index is -4.70. The largest absolute Gasteiger partial charge is 0.440 e. The van der Waals surface area contributed by atoms with Gasteiger partial charge in [-0.15, -0.1) is 0 Å². The second-order valence-electron chi connectivity index (χ2n) is 8.42. The van der Waals surface area contributed by atoms with Crippen LogP contribution in [0.15, 0.2) is 76.9 Å². The summed E-state index contributed by atoms with van der Waals surface area (Å²) < 4.78 is 88.3. The van der Waals surface area contributed by atoms with E-state index in [9.17, 15) is 31.6 Å². The standard InChI is InChI=1S/C26H21F6N3O/c1-2-35-13-16(11-15-7-3-5-9-20(15)25(27,28)29)23-19(14-35)22(18(12-33)24(34)36-23)17-8-4-6-10-21(17)26(30,31)32/h3-11,22H,2,13-14,34H2,1H3. The number of nitrogens with zero attached hydrogens (tertiary/aromatic N) is 2. The number of halogens is 6. The van der Waals surface area contributed by atoms with Gasteiger partial charge in [-0.3, -0.25) is 4.90 Å². The van der Waals surface area contributed by atoms with Gasteiger partial charge in [-0.2, -0.15) is 31.6 Å². The van der Waals surface area contributed by atoms with Crippen LogP contribution in [0.1, 0.15) is 35.1 Å². The average Bonchev–Trinajstić information content (AvgIpc) is 2.82. The number of hydrogen-bond acceptors (Lipinski definition) is 4. The number of rotatable bonds is 3. The number of ether oxygens (including phenoxy) is 1. The van der Waals surface area contributed by atoms with Gasteiger partial charge in [0.2, 0.25) is 5.88 Å². The Balaban J connectivity index is 1.96. The van der Waals surface area contributed by atoms with Gasteiger partial charge in [0.05, 0.1) is 17.0 Å². The molecule has 2 aromatic carbocycles. The normalized spacial score (nSPS) is 20.3. The third kappa shape index (κ3) is 4.71. The Hall–Kier alpha value is -3.71. The Morgan fingerprint density at radius 2 is 1.61 bits per heavy atom. The molecule has 0 bridgehead atoms. The Morgan fingerprint density at radius 3 is 2.22 bits per heavy atom. The summed E-state index contributed by atoms with van der Waals surface area (Å²) in [7, 11) is 0. The van der Waals surface area contributed by atoms with Crippen LogP contribution in [0.25, 0.3) is 6.08 Å². The number of allylic oxidation sites excluding steroid dienone is 1. The van der Waals surface area contributed by atoms with Gasteiger partial charge in [-0.1, -0.05) is 43.3 Å². The van der Waals surface area contributed by atoms with E-state index in [1.165, 1.54) is 42.5 Å². The van der Waals surface area contributed by atoms with E-state index in [1.807, 2.05) is 17.9 Å². The molecule has 36 heavy (non-hydrogen) atoms. The number of likely N-dealkylation sites (N-methyl/N-ethyl adjacent to an activating group) is 1. The first-order valence-corrected chi connectivity index (χ1v) is 11.0. The molecule has 0 aliphatic carbocycles. The molecule has 2 aliphatic heterocycles. The van der Waals surface area contributed by atoms with Crippen molar-refractivity contribution in [2.24, 2.45) is 5.73 Å². The molecule has 0 amide bonds. The maximum absolute atomic E-state index is 13.9. The van der Waals surface area contributed by atoms with Crippen LogP contribution in [-0.4, -0.2) is 24.5 Å². The van der Waals surface area contributed by atoms with E-state index in [1.54, 1.807) is 0 Å². The zero-order valence-corrected chi connectivity index (χ0v) is 19.0. The highest BCUT2D eigenvalue weighted by Gasteiger charge is 2.42. The average molecular weight is 505 g/mol. The second kappa shape index (κ2) is 9.39. The summed E-state index contributed by atoms with van der Waals surface area (Å²) >= 11 is 0. The predicted octanol–water partition coefficient (Wildman–Crippen LogP) is 6.21. The van der Waals surface area contributed by atoms with Gasteiger partial charge in [0.15, 0.2) is 0 Å². The van der Waals surface area contributed by atoms with Crippen LogP contribution in [0.4, 0.5) is 26.3 Å². The van der Waals surface area contributed by atoms with E-state index in [-0.39, 0.29) is 41.4 Å². The molecule has 2 N–H and O–H groups in total. The third-order valence-electron chi connectivity index (χ3n) is 6.23. The highest BCUT2D eigenvalue weighted by Crippen LogP contribution is 2.47. The Kier molecular flexibility index (Phi) is 6.62. The van der Waals surface area contributed by atoms with Crippen LogP contribution in [0.5, 0.6) is 0 Å². The second-order valence-corrected chi connectivity index (χ2v) is 8.42. The lowest BCUT2D eigenvalue weighted by atomic mass is 9.78. The van der Waals surface area contributed by atoms with Crippen molar-refractivity contribution in [1.29, 1.82) is 5.26 Å². The molecule has 0 saturated carbocycles. The fraction of sp³-hybridized carbons (Fsp3) is 0.269. The van der Waals surface area contributed by atoms with E-state index in [4.69, 9.17) is 10.5 Å². The van der Waals surface area contributed by atoms with Gasteiger partial charge in [0.1, 0.15) is 17.4 Å². The first-order chi connectivity index (χ1) is 17.0. The predicted molar refractivity (Wildman–Crippen MR) is 121 cm³/mol. The molecule has 2 heterocycles. The first-order valence-electron chi connectivity index (χ1n) is 11.0. The van der Waals surface area contributed by atoms with E-state index in [0.29, 0.717) is 17.7 Å². The van der Waals surface area contributed by atoms with E-state index in [2.05, 4.69) is 0 Å². The summed E-state index contributed by atoms with van der Waals surface area (Å²) in [5.74, 6) is -1.46. The van der Waals surface area contributed by atoms with Gasteiger partial charge in [-0.05, 0) is 41.5 Å². The molecule has 188 valence electrons. The molecule has 1 atom stereocenters. The van der Waals surface area contributed by atoms with Crippen molar-refractivity contribution < 1.29 is 31.1 Å². The van der Waals surface area contributed by atoms with Crippen LogP contribution in [0.2, 0.25) is 0 Å². The fourth-order valence-electron chi connectivity index (χ4n) is 4.60. The van der Waals surface area contributed by atoms with E-state index < -0.39 is 29.4 Å². The quantitative estimate of drug-likeness (QED) is 0.505. The molecule has 4 rings (SSSR count). The molecule has 0 radical (unpaired) electrons. The molecule has 4 nitrogen and oxygen atoms in total. The van der Waals surface area contributed by atoms with Crippen molar-refractivity contribution in [2.45, 2.75) is 25.2 Å². The summed E-state index contributed by atoms with van der Waals surface area (Å²) in [5, 5.41) is 9.80. The SMILES string of the molecule is CCN1CC(=Cc2ccccc2C(F)(F)F)C2=C(C1)C(c1ccccc1C(F)(F)F)C(C#N)=C(N)O2. The maximum Gasteiger partial charge on any atom is 0.416 e. The molecular formula is C26H21F6N3O. The summed E-state index contributed by atoms with van der Waals surface area (Å²) in [6.45, 7) is 2.62. The van der Waals surface area contributed by atoms with E-state index in [0.717, 1.165) is 12.1 Å². The number of benzene rings is 2. The highest BCUT2D eigenvalue weighted by atomic mass is 19.4. The van der Waals surface area contributed by atoms with Crippen molar-refractivity contribution in [2.75, 3.05) is 19.6 Å². The molecule has 0 spiro atoms. The van der Waals surface area contributed by atoms with Gasteiger partial charge in [0.25, 0.3) is 0 Å². The van der Waals surface area contributed by atoms with Gasteiger partial charge >= 0.3 is 12.4 Å². The lowest BCUT2D eigenvalue weighted by Crippen LogP contribution is -2.38. The monoisotopic (exact) mass is 505 g/mol. The molecule has 0 fully saturated rings. The van der Waals surface area contributed by atoms with Gasteiger partial charge < -0.3 is 10.5 Å². The molecular weight excluding hydrogens is 484 g/mol. The fourth-order valence-corrected chi connectivity index (χ4v) is 4.60. The molecule has 10 heteroatoms. The highest BCUT2D eigenvalue weighted by molar-refractivity contribution is 5.65. The van der Waals surface area contributed by atoms with Crippen molar-refractivity contribution in [3.8, 4) is 6.07 Å². The van der Waals surface area contributed by atoms with Gasteiger partial charge in [0, 0.05) is 18.7 Å². The van der Waals surface area contributed by atoms with Crippen LogP contribution in [0, 0.1) is 11.3 Å². The van der Waals surface area contributed by atoms with Crippen molar-refractivity contribution >= 4 is 6.08 Å². The summed E-state index contributed by atoms with van der Waals surface area (Å²) in [6, 6.07) is 11.8. The topological polar surface area (TPSA) is 62.3 Å². The minimum absolute atomic E-state index is 0.0927. The molecule has 2 aromatic rings. The number of hydrogen-bond donors (Lipinski definition) is 1. The molecule has 1 unspecified atom stereocenters. The summed E-state index contributed by atoms with van der Waals surface area (Å²) in [6.07, 6.45) is -8.00. The van der Waals surface area contributed by atoms with Crippen LogP contribution in [-0.2, 0) is 17.1 Å². The smallest absolute Gasteiger partial charge is 0.416 e. The molecule has 2 aliphatic rings. The Bertz CT molecular complexity index is 1310. The number of nitrogens with two attached hydrogens (primary N) is 1. The van der Waals surface area contributed by atoms with E-state index >= 15 is 0 Å². The van der Waals surface area contributed by atoms with Crippen LogP contribution >= 0.6 is 0 Å². The molecule has 0 aromatic heterocycles. The van der Waals surface area contributed by atoms with Gasteiger partial charge in [-0.25, -0.2) is 0 Å². The lowest BCUT2D eigenvalue weighted by Gasteiger charge is -2.38. The van der Waals surface area contributed by atoms with Crippen molar-refractivity contribution in [3.05, 3.63) is 99.1 Å². The summed E-state index contributed by atoms with van der Waals surface area (Å²) in [5.41, 5.74) is 4.41. The Labute approximate surface area is 203 Å². The zero-order chi connectivity index (χ0) is 26.3. The first kappa shape index (κ1) is 25.4. The Morgan fingerprint density at radius 1 is 1.00 bits per heavy atom. The number of alkyl halides is 6.